The molecular weight excluding hydrogens is 1080 g/mol. The molecular formula is C83H160O5. The lowest BCUT2D eigenvalue weighted by Crippen LogP contribution is -2.28. The van der Waals surface area contributed by atoms with Gasteiger partial charge in [0.05, 0.1) is 6.61 Å². The van der Waals surface area contributed by atoms with Crippen molar-refractivity contribution >= 4 is 11.9 Å². The molecule has 0 amide bonds. The summed E-state index contributed by atoms with van der Waals surface area (Å²) in [5.74, 6) is -0.559. The molecule has 5 heteroatoms. The number of rotatable bonds is 78. The Morgan fingerprint density at radius 1 is 0.250 bits per heavy atom. The zero-order chi connectivity index (χ0) is 63.3. The summed E-state index contributed by atoms with van der Waals surface area (Å²) in [7, 11) is 0. The highest BCUT2D eigenvalue weighted by atomic mass is 16.6. The summed E-state index contributed by atoms with van der Waals surface area (Å²) in [4.78, 5) is 24.7. The lowest BCUT2D eigenvalue weighted by Gasteiger charge is -2.15. The molecule has 1 atom stereocenters. The van der Waals surface area contributed by atoms with E-state index in [9.17, 15) is 14.7 Å². The average molecular weight is 1240 g/mol. The fraction of sp³-hybridized carbons (Fsp3) is 0.928. The van der Waals surface area contributed by atoms with Crippen LogP contribution in [0.2, 0.25) is 0 Å². The SMILES string of the molecule is CCCCCCCCCC/C=C\CCCCCCCCCCCCCCCCCCCCCCCCCCCC(=O)OCC(CO)OC(=O)CCCCCCCCCCCCCCCCCCCCCCCCCCC/C=C\CCCCCCCCCC. The fourth-order valence-electron chi connectivity index (χ4n) is 13.1. The second kappa shape index (κ2) is 79.6. The second-order valence-corrected chi connectivity index (χ2v) is 28.2. The van der Waals surface area contributed by atoms with Crippen molar-refractivity contribution in [3.8, 4) is 0 Å². The highest BCUT2D eigenvalue weighted by Gasteiger charge is 2.16. The van der Waals surface area contributed by atoms with Gasteiger partial charge >= 0.3 is 11.9 Å². The molecule has 0 aliphatic rings. The molecule has 0 aliphatic heterocycles. The number of aliphatic hydroxyl groups is 1. The van der Waals surface area contributed by atoms with Crippen molar-refractivity contribution in [3.05, 3.63) is 24.3 Å². The van der Waals surface area contributed by atoms with Crippen LogP contribution in [-0.2, 0) is 19.1 Å². The van der Waals surface area contributed by atoms with Crippen molar-refractivity contribution in [3.63, 3.8) is 0 Å². The Balaban J connectivity index is 3.34. The van der Waals surface area contributed by atoms with E-state index in [1.165, 1.54) is 417 Å². The van der Waals surface area contributed by atoms with Gasteiger partial charge < -0.3 is 14.6 Å². The normalized spacial score (nSPS) is 12.2. The average Bonchev–Trinajstić information content (AvgIpc) is 3.55. The van der Waals surface area contributed by atoms with Gasteiger partial charge in [-0.05, 0) is 64.2 Å². The Kier molecular flexibility index (Phi) is 78.2. The number of unbranched alkanes of at least 4 members (excludes halogenated alkanes) is 66. The molecule has 0 spiro atoms. The monoisotopic (exact) mass is 1240 g/mol. The van der Waals surface area contributed by atoms with Gasteiger partial charge in [0.15, 0.2) is 6.10 Å². The van der Waals surface area contributed by atoms with Gasteiger partial charge in [0.1, 0.15) is 6.61 Å². The van der Waals surface area contributed by atoms with Crippen molar-refractivity contribution in [2.45, 2.75) is 482 Å². The predicted molar refractivity (Wildman–Crippen MR) is 390 cm³/mol. The molecule has 1 unspecified atom stereocenters. The third-order valence-corrected chi connectivity index (χ3v) is 19.2. The van der Waals surface area contributed by atoms with Gasteiger partial charge in [0.2, 0.25) is 0 Å². The van der Waals surface area contributed by atoms with Gasteiger partial charge in [-0.15, -0.1) is 0 Å². The third kappa shape index (κ3) is 76.8. The smallest absolute Gasteiger partial charge is 0.306 e. The Morgan fingerprint density at radius 3 is 0.614 bits per heavy atom. The lowest BCUT2D eigenvalue weighted by atomic mass is 10.0. The molecule has 0 heterocycles. The Morgan fingerprint density at radius 2 is 0.420 bits per heavy atom. The van der Waals surface area contributed by atoms with Crippen LogP contribution in [0.15, 0.2) is 24.3 Å². The number of carbonyl (C=O) groups excluding carboxylic acids is 2. The van der Waals surface area contributed by atoms with E-state index in [1.807, 2.05) is 0 Å². The van der Waals surface area contributed by atoms with Crippen LogP contribution >= 0.6 is 0 Å². The summed E-state index contributed by atoms with van der Waals surface area (Å²) in [6.45, 7) is 4.22. The maximum Gasteiger partial charge on any atom is 0.306 e. The molecule has 0 aromatic rings. The van der Waals surface area contributed by atoms with E-state index in [2.05, 4.69) is 38.2 Å². The molecule has 5 nitrogen and oxygen atoms in total. The Labute approximate surface area is 553 Å². The Hall–Kier alpha value is -1.62. The zero-order valence-electron chi connectivity index (χ0n) is 60.3. The van der Waals surface area contributed by atoms with Crippen LogP contribution in [0, 0.1) is 0 Å². The summed E-state index contributed by atoms with van der Waals surface area (Å²) >= 11 is 0. The summed E-state index contributed by atoms with van der Waals surface area (Å²) in [5.41, 5.74) is 0. The minimum absolute atomic E-state index is 0.0570. The topological polar surface area (TPSA) is 72.8 Å². The van der Waals surface area contributed by atoms with Gasteiger partial charge in [-0.2, -0.15) is 0 Å². The quantitative estimate of drug-likeness (QED) is 0.0373. The van der Waals surface area contributed by atoms with Crippen molar-refractivity contribution in [1.82, 2.24) is 0 Å². The van der Waals surface area contributed by atoms with E-state index in [0.29, 0.717) is 12.8 Å². The van der Waals surface area contributed by atoms with E-state index in [4.69, 9.17) is 9.47 Å². The first kappa shape index (κ1) is 86.4. The molecule has 522 valence electrons. The van der Waals surface area contributed by atoms with Gasteiger partial charge in [0, 0.05) is 12.8 Å². The molecule has 0 aromatic carbocycles. The Bertz CT molecular complexity index is 1360. The number of allylic oxidation sites excluding steroid dienone is 4. The van der Waals surface area contributed by atoms with Crippen molar-refractivity contribution in [2.75, 3.05) is 13.2 Å². The summed E-state index contributed by atoms with van der Waals surface area (Å²) in [6, 6.07) is 0. The van der Waals surface area contributed by atoms with E-state index >= 15 is 0 Å². The molecule has 0 bridgehead atoms. The first-order valence-electron chi connectivity index (χ1n) is 40.9. The first-order valence-corrected chi connectivity index (χ1v) is 40.9. The fourth-order valence-corrected chi connectivity index (χ4v) is 13.1. The molecule has 0 saturated heterocycles. The number of esters is 2. The van der Waals surface area contributed by atoms with E-state index in [-0.39, 0.29) is 25.2 Å². The number of aliphatic hydroxyl groups excluding tert-OH is 1. The van der Waals surface area contributed by atoms with Crippen LogP contribution in [0.4, 0.5) is 0 Å². The van der Waals surface area contributed by atoms with Crippen LogP contribution in [0.5, 0.6) is 0 Å². The summed E-state index contributed by atoms with van der Waals surface area (Å²) in [5, 5.41) is 9.73. The number of carbonyl (C=O) groups is 2. The minimum atomic E-state index is -0.769. The second-order valence-electron chi connectivity index (χ2n) is 28.2. The molecule has 0 rings (SSSR count). The molecule has 0 aromatic heterocycles. The summed E-state index contributed by atoms with van der Waals surface area (Å²) in [6.07, 6.45) is 106. The molecule has 0 fully saturated rings. The standard InChI is InChI=1S/C83H160O5/c1-3-5-7-9-11-13-15-17-19-21-23-25-27-29-31-33-35-37-39-41-43-45-47-49-51-53-55-57-59-61-63-65-67-69-71-73-75-77-82(85)87-80-81(79-84)88-83(86)78-76-74-72-70-68-66-64-62-60-58-56-54-52-50-48-46-44-42-40-38-36-34-32-30-28-26-24-22-20-18-16-14-12-10-8-6-4-2/h21-24,81,84H,3-20,25-80H2,1-2H3/b23-21-,24-22-. The maximum absolute atomic E-state index is 12.4. The highest BCUT2D eigenvalue weighted by Crippen LogP contribution is 2.20. The van der Waals surface area contributed by atoms with Crippen LogP contribution in [-0.4, -0.2) is 36.4 Å². The molecule has 88 heavy (non-hydrogen) atoms. The van der Waals surface area contributed by atoms with Gasteiger partial charge in [-0.25, -0.2) is 0 Å². The number of hydrogen-bond donors (Lipinski definition) is 1. The van der Waals surface area contributed by atoms with Crippen LogP contribution in [0.1, 0.15) is 476 Å². The minimum Gasteiger partial charge on any atom is -0.462 e. The molecule has 0 saturated carbocycles. The van der Waals surface area contributed by atoms with Gasteiger partial charge in [-0.3, -0.25) is 9.59 Å². The zero-order valence-corrected chi connectivity index (χ0v) is 60.3. The number of hydrogen-bond acceptors (Lipinski definition) is 5. The largest absolute Gasteiger partial charge is 0.462 e. The third-order valence-electron chi connectivity index (χ3n) is 19.2. The van der Waals surface area contributed by atoms with Crippen LogP contribution < -0.4 is 0 Å². The maximum atomic E-state index is 12.4. The van der Waals surface area contributed by atoms with E-state index < -0.39 is 6.10 Å². The highest BCUT2D eigenvalue weighted by molar-refractivity contribution is 5.70. The van der Waals surface area contributed by atoms with E-state index in [1.54, 1.807) is 0 Å². The van der Waals surface area contributed by atoms with Crippen LogP contribution in [0.25, 0.3) is 0 Å². The van der Waals surface area contributed by atoms with Gasteiger partial charge in [-0.1, -0.05) is 423 Å². The van der Waals surface area contributed by atoms with Crippen molar-refractivity contribution < 1.29 is 24.2 Å². The van der Waals surface area contributed by atoms with Crippen molar-refractivity contribution in [1.29, 1.82) is 0 Å². The molecule has 0 aliphatic carbocycles. The number of ether oxygens (including phenoxy) is 2. The summed E-state index contributed by atoms with van der Waals surface area (Å²) < 4.78 is 10.8. The van der Waals surface area contributed by atoms with E-state index in [0.717, 1.165) is 32.1 Å². The molecule has 0 radical (unpaired) electrons. The van der Waals surface area contributed by atoms with Crippen molar-refractivity contribution in [2.24, 2.45) is 0 Å². The lowest BCUT2D eigenvalue weighted by molar-refractivity contribution is -0.161. The predicted octanol–water partition coefficient (Wildman–Crippen LogP) is 28.7. The first-order chi connectivity index (χ1) is 43.6. The molecule has 1 N–H and O–H groups in total. The van der Waals surface area contributed by atoms with Crippen LogP contribution in [0.3, 0.4) is 0 Å². The van der Waals surface area contributed by atoms with Gasteiger partial charge in [0.25, 0.3) is 0 Å².